The second-order valence-electron chi connectivity index (χ2n) is 4.43. The molecule has 0 amide bonds. The van der Waals surface area contributed by atoms with Crippen LogP contribution in [0.5, 0.6) is 0 Å². The zero-order valence-corrected chi connectivity index (χ0v) is 9.73. The van der Waals surface area contributed by atoms with E-state index in [0.717, 1.165) is 11.8 Å². The van der Waals surface area contributed by atoms with Crippen LogP contribution in [-0.2, 0) is 0 Å². The van der Waals surface area contributed by atoms with Crippen molar-refractivity contribution in [3.8, 4) is 0 Å². The summed E-state index contributed by atoms with van der Waals surface area (Å²) < 4.78 is 0. The first-order valence-electron chi connectivity index (χ1n) is 4.81. The van der Waals surface area contributed by atoms with Gasteiger partial charge in [-0.15, -0.1) is 6.58 Å². The third-order valence-electron chi connectivity index (χ3n) is 3.34. The molecule has 1 saturated carbocycles. The highest BCUT2D eigenvalue weighted by atomic mass is 79.9. The van der Waals surface area contributed by atoms with Crippen molar-refractivity contribution in [2.24, 2.45) is 17.3 Å². The third kappa shape index (κ3) is 1.76. The van der Waals surface area contributed by atoms with Gasteiger partial charge in [-0.25, -0.2) is 0 Å². The second-order valence-corrected chi connectivity index (χ2v) is 5.00. The van der Waals surface area contributed by atoms with Gasteiger partial charge in [0, 0.05) is 5.33 Å². The van der Waals surface area contributed by atoms with Crippen LogP contribution < -0.4 is 0 Å². The molecule has 1 aliphatic rings. The number of halogens is 1. The SMILES string of the molecule is C=CCC(C)C1(CBr)CC(C)C1. The van der Waals surface area contributed by atoms with E-state index in [4.69, 9.17) is 0 Å². The molecule has 0 radical (unpaired) electrons. The molecule has 0 aromatic carbocycles. The molecule has 0 N–H and O–H groups in total. The van der Waals surface area contributed by atoms with Crippen molar-refractivity contribution in [3.05, 3.63) is 12.7 Å². The number of hydrogen-bond donors (Lipinski definition) is 0. The summed E-state index contributed by atoms with van der Waals surface area (Å²) >= 11 is 3.65. The smallest absolute Gasteiger partial charge is 0.00908 e. The van der Waals surface area contributed by atoms with Gasteiger partial charge in [-0.3, -0.25) is 0 Å². The summed E-state index contributed by atoms with van der Waals surface area (Å²) in [5.41, 5.74) is 0.591. The molecule has 1 unspecified atom stereocenters. The van der Waals surface area contributed by atoms with E-state index in [2.05, 4.69) is 42.4 Å². The van der Waals surface area contributed by atoms with Crippen molar-refractivity contribution in [1.29, 1.82) is 0 Å². The number of alkyl halides is 1. The first-order chi connectivity index (χ1) is 5.64. The Morgan fingerprint density at radius 1 is 1.67 bits per heavy atom. The molecule has 1 rings (SSSR count). The molecule has 1 aliphatic carbocycles. The quantitative estimate of drug-likeness (QED) is 0.506. The molecule has 0 aliphatic heterocycles. The molecule has 1 atom stereocenters. The minimum atomic E-state index is 0.591. The van der Waals surface area contributed by atoms with Crippen LogP contribution in [0.15, 0.2) is 12.7 Å². The molecule has 0 aromatic rings. The van der Waals surface area contributed by atoms with Crippen molar-refractivity contribution in [3.63, 3.8) is 0 Å². The van der Waals surface area contributed by atoms with Gasteiger partial charge in [0.1, 0.15) is 0 Å². The van der Waals surface area contributed by atoms with Crippen molar-refractivity contribution in [2.75, 3.05) is 5.33 Å². The van der Waals surface area contributed by atoms with Gasteiger partial charge in [-0.05, 0) is 36.5 Å². The molecule has 70 valence electrons. The summed E-state index contributed by atoms with van der Waals surface area (Å²) in [5.74, 6) is 1.74. The average molecular weight is 231 g/mol. The van der Waals surface area contributed by atoms with Gasteiger partial charge in [-0.1, -0.05) is 35.9 Å². The number of allylic oxidation sites excluding steroid dienone is 1. The Kier molecular flexibility index (Phi) is 3.39. The third-order valence-corrected chi connectivity index (χ3v) is 4.46. The summed E-state index contributed by atoms with van der Waals surface area (Å²) in [6.07, 6.45) is 6.01. The van der Waals surface area contributed by atoms with Gasteiger partial charge in [0.05, 0.1) is 0 Å². The monoisotopic (exact) mass is 230 g/mol. The van der Waals surface area contributed by atoms with E-state index >= 15 is 0 Å². The molecule has 12 heavy (non-hydrogen) atoms. The fourth-order valence-electron chi connectivity index (χ4n) is 2.47. The zero-order valence-electron chi connectivity index (χ0n) is 8.15. The van der Waals surface area contributed by atoms with Crippen LogP contribution >= 0.6 is 15.9 Å². The Bertz CT molecular complexity index is 156. The van der Waals surface area contributed by atoms with Crippen molar-refractivity contribution in [1.82, 2.24) is 0 Å². The lowest BCUT2D eigenvalue weighted by Crippen LogP contribution is -2.42. The maximum Gasteiger partial charge on any atom is 0.00908 e. The maximum absolute atomic E-state index is 3.81. The molecular weight excluding hydrogens is 212 g/mol. The average Bonchev–Trinajstić information content (AvgIpc) is 1.98. The molecule has 1 fully saturated rings. The largest absolute Gasteiger partial charge is 0.103 e. The van der Waals surface area contributed by atoms with Crippen LogP contribution in [0.4, 0.5) is 0 Å². The van der Waals surface area contributed by atoms with Gasteiger partial charge in [0.15, 0.2) is 0 Å². The Labute approximate surface area is 84.6 Å². The van der Waals surface area contributed by atoms with Crippen LogP contribution in [0.25, 0.3) is 0 Å². The first kappa shape index (κ1) is 10.3. The summed E-state index contributed by atoms with van der Waals surface area (Å²) in [4.78, 5) is 0. The molecule has 0 bridgehead atoms. The van der Waals surface area contributed by atoms with Crippen LogP contribution in [0.2, 0.25) is 0 Å². The van der Waals surface area contributed by atoms with Crippen LogP contribution in [0.1, 0.15) is 33.1 Å². The lowest BCUT2D eigenvalue weighted by molar-refractivity contribution is 0.0351. The van der Waals surface area contributed by atoms with E-state index in [9.17, 15) is 0 Å². The Balaban J connectivity index is 2.50. The normalized spacial score (nSPS) is 37.1. The molecule has 0 heterocycles. The van der Waals surface area contributed by atoms with E-state index < -0.39 is 0 Å². The molecule has 1 heteroatoms. The van der Waals surface area contributed by atoms with Gasteiger partial charge in [0.25, 0.3) is 0 Å². The second kappa shape index (κ2) is 3.95. The van der Waals surface area contributed by atoms with Crippen molar-refractivity contribution < 1.29 is 0 Å². The van der Waals surface area contributed by atoms with Crippen LogP contribution in [0, 0.1) is 17.3 Å². The van der Waals surface area contributed by atoms with Crippen LogP contribution in [-0.4, -0.2) is 5.33 Å². The minimum Gasteiger partial charge on any atom is -0.103 e. The van der Waals surface area contributed by atoms with Gasteiger partial charge < -0.3 is 0 Å². The Morgan fingerprint density at radius 3 is 2.58 bits per heavy atom. The Hall–Kier alpha value is 0.220. The van der Waals surface area contributed by atoms with Gasteiger partial charge >= 0.3 is 0 Å². The van der Waals surface area contributed by atoms with E-state index in [1.807, 2.05) is 0 Å². The predicted octanol–water partition coefficient (Wildman–Crippen LogP) is 4.01. The summed E-state index contributed by atoms with van der Waals surface area (Å²) in [6.45, 7) is 8.52. The topological polar surface area (TPSA) is 0 Å². The van der Waals surface area contributed by atoms with Gasteiger partial charge in [0.2, 0.25) is 0 Å². The number of rotatable bonds is 4. The van der Waals surface area contributed by atoms with Crippen molar-refractivity contribution >= 4 is 15.9 Å². The lowest BCUT2D eigenvalue weighted by Gasteiger charge is -2.49. The molecule has 0 nitrogen and oxygen atoms in total. The van der Waals surface area contributed by atoms with E-state index in [1.54, 1.807) is 0 Å². The fraction of sp³-hybridized carbons (Fsp3) is 0.818. The standard InChI is InChI=1S/C11H19Br/c1-4-5-10(3)11(8-12)6-9(2)7-11/h4,9-10H,1,5-8H2,2-3H3. The molecule has 0 aromatic heterocycles. The summed E-state index contributed by atoms with van der Waals surface area (Å²) in [6, 6.07) is 0. The fourth-order valence-corrected chi connectivity index (χ4v) is 3.48. The summed E-state index contributed by atoms with van der Waals surface area (Å²) in [7, 11) is 0. The molecular formula is C11H19Br. The Morgan fingerprint density at radius 2 is 2.25 bits per heavy atom. The lowest BCUT2D eigenvalue weighted by atomic mass is 9.57. The first-order valence-corrected chi connectivity index (χ1v) is 5.93. The van der Waals surface area contributed by atoms with Crippen LogP contribution in [0.3, 0.4) is 0 Å². The highest BCUT2D eigenvalue weighted by molar-refractivity contribution is 9.09. The molecule has 0 saturated heterocycles. The summed E-state index contributed by atoms with van der Waals surface area (Å²) in [5, 5.41) is 1.17. The van der Waals surface area contributed by atoms with Crippen molar-refractivity contribution in [2.45, 2.75) is 33.1 Å². The highest BCUT2D eigenvalue weighted by Crippen LogP contribution is 2.52. The molecule has 0 spiro atoms. The maximum atomic E-state index is 3.81. The zero-order chi connectivity index (χ0) is 9.19. The van der Waals surface area contributed by atoms with Gasteiger partial charge in [-0.2, -0.15) is 0 Å². The highest BCUT2D eigenvalue weighted by Gasteiger charge is 2.44. The van der Waals surface area contributed by atoms with E-state index in [0.29, 0.717) is 5.41 Å². The minimum absolute atomic E-state index is 0.591. The predicted molar refractivity (Wildman–Crippen MR) is 58.6 cm³/mol. The van der Waals surface area contributed by atoms with E-state index in [-0.39, 0.29) is 0 Å². The number of hydrogen-bond acceptors (Lipinski definition) is 0. The van der Waals surface area contributed by atoms with E-state index in [1.165, 1.54) is 24.6 Å².